The molecule has 35 heavy (non-hydrogen) atoms. The summed E-state index contributed by atoms with van der Waals surface area (Å²) in [4.78, 5) is 27.4. The van der Waals surface area contributed by atoms with Crippen molar-refractivity contribution in [3.05, 3.63) is 94.8 Å². The zero-order valence-corrected chi connectivity index (χ0v) is 19.5. The smallest absolute Gasteiger partial charge is 0.271 e. The highest BCUT2D eigenvalue weighted by atomic mass is 32.2. The number of carbonyl (C=O) groups is 1. The van der Waals surface area contributed by atoms with Crippen LogP contribution in [-0.4, -0.2) is 56.9 Å². The molecule has 0 aliphatic carbocycles. The number of piperazine rings is 1. The molecule has 1 saturated heterocycles. The molecule has 1 heterocycles. The van der Waals surface area contributed by atoms with Crippen LogP contribution >= 0.6 is 0 Å². The lowest BCUT2D eigenvalue weighted by molar-refractivity contribution is -0.384. The van der Waals surface area contributed by atoms with Crippen LogP contribution in [0.15, 0.2) is 83.8 Å². The van der Waals surface area contributed by atoms with Crippen molar-refractivity contribution in [1.82, 2.24) is 4.90 Å². The molecule has 0 atom stereocenters. The minimum atomic E-state index is -4.17. The third-order valence-corrected chi connectivity index (χ3v) is 7.55. The van der Waals surface area contributed by atoms with Gasteiger partial charge in [0.1, 0.15) is 12.4 Å². The maximum Gasteiger partial charge on any atom is 0.271 e. The Bertz CT molecular complexity index is 1310. The van der Waals surface area contributed by atoms with Gasteiger partial charge in [0.05, 0.1) is 15.5 Å². The average Bonchev–Trinajstić information content (AvgIpc) is 2.88. The van der Waals surface area contributed by atoms with Crippen LogP contribution in [0.1, 0.15) is 0 Å². The number of carbonyl (C=O) groups excluding carboxylic acids is 1. The van der Waals surface area contributed by atoms with Crippen molar-refractivity contribution in [2.75, 3.05) is 41.9 Å². The molecule has 1 fully saturated rings. The van der Waals surface area contributed by atoms with Crippen molar-refractivity contribution in [2.45, 2.75) is 4.90 Å². The predicted molar refractivity (Wildman–Crippen MR) is 129 cm³/mol. The van der Waals surface area contributed by atoms with Gasteiger partial charge in [-0.25, -0.2) is 12.8 Å². The maximum absolute atomic E-state index is 13.4. The number of nitrogens with zero attached hydrogens (tertiary/aromatic N) is 4. The van der Waals surface area contributed by atoms with Crippen LogP contribution in [-0.2, 0) is 14.8 Å². The summed E-state index contributed by atoms with van der Waals surface area (Å²) in [5, 5.41) is 11.3. The highest BCUT2D eigenvalue weighted by molar-refractivity contribution is 7.92. The van der Waals surface area contributed by atoms with Crippen LogP contribution < -0.4 is 9.21 Å². The molecule has 0 aromatic heterocycles. The Labute approximate surface area is 202 Å². The molecule has 1 aliphatic rings. The minimum Gasteiger partial charge on any atom is -0.368 e. The number of halogens is 1. The molecule has 182 valence electrons. The molecule has 0 spiro atoms. The lowest BCUT2D eigenvalue weighted by Gasteiger charge is -2.37. The first kappa shape index (κ1) is 24.1. The Morgan fingerprint density at radius 3 is 2.23 bits per heavy atom. The van der Waals surface area contributed by atoms with Gasteiger partial charge in [-0.15, -0.1) is 0 Å². The van der Waals surface area contributed by atoms with Crippen LogP contribution in [0.3, 0.4) is 0 Å². The molecule has 0 saturated carbocycles. The van der Waals surface area contributed by atoms with E-state index in [2.05, 4.69) is 0 Å². The second-order valence-electron chi connectivity index (χ2n) is 7.95. The molecule has 0 radical (unpaired) electrons. The van der Waals surface area contributed by atoms with E-state index in [-0.39, 0.29) is 22.1 Å². The van der Waals surface area contributed by atoms with E-state index in [0.29, 0.717) is 26.2 Å². The quantitative estimate of drug-likeness (QED) is 0.366. The fraction of sp³-hybridized carbons (Fsp3) is 0.208. The number of non-ortho nitro benzene ring substituents is 1. The van der Waals surface area contributed by atoms with Gasteiger partial charge in [-0.2, -0.15) is 0 Å². The van der Waals surface area contributed by atoms with E-state index in [1.807, 2.05) is 4.90 Å². The molecule has 11 heteroatoms. The Balaban J connectivity index is 1.55. The third-order valence-electron chi connectivity index (χ3n) is 5.76. The summed E-state index contributed by atoms with van der Waals surface area (Å²) in [6.45, 7) is 1.20. The largest absolute Gasteiger partial charge is 0.368 e. The van der Waals surface area contributed by atoms with Gasteiger partial charge in [0.2, 0.25) is 5.91 Å². The SMILES string of the molecule is O=C(CN(c1cccc([N+](=O)[O-])c1)S(=O)(=O)c1ccccc1)N1CCN(c2ccc(F)cc2)CC1. The predicted octanol–water partition coefficient (Wildman–Crippen LogP) is 3.28. The molecule has 0 N–H and O–H groups in total. The summed E-state index contributed by atoms with van der Waals surface area (Å²) >= 11 is 0. The summed E-state index contributed by atoms with van der Waals surface area (Å²) < 4.78 is 41.0. The number of amides is 1. The van der Waals surface area contributed by atoms with Gasteiger partial charge < -0.3 is 9.80 Å². The molecular formula is C24H23FN4O5S. The number of hydrogen-bond donors (Lipinski definition) is 0. The lowest BCUT2D eigenvalue weighted by Crippen LogP contribution is -2.52. The number of anilines is 2. The van der Waals surface area contributed by atoms with Gasteiger partial charge >= 0.3 is 0 Å². The topological polar surface area (TPSA) is 104 Å². The monoisotopic (exact) mass is 498 g/mol. The lowest BCUT2D eigenvalue weighted by atomic mass is 10.2. The fourth-order valence-electron chi connectivity index (χ4n) is 3.89. The number of nitro groups is 1. The van der Waals surface area contributed by atoms with Crippen molar-refractivity contribution in [2.24, 2.45) is 0 Å². The molecule has 0 unspecified atom stereocenters. The van der Waals surface area contributed by atoms with Crippen LogP contribution in [0.25, 0.3) is 0 Å². The number of sulfonamides is 1. The zero-order chi connectivity index (χ0) is 25.0. The molecule has 3 aromatic rings. The van der Waals surface area contributed by atoms with Gasteiger partial charge in [0.15, 0.2) is 0 Å². The molecule has 1 aliphatic heterocycles. The van der Waals surface area contributed by atoms with Gasteiger partial charge in [-0.1, -0.05) is 24.3 Å². The van der Waals surface area contributed by atoms with Crippen molar-refractivity contribution < 1.29 is 22.5 Å². The molecule has 0 bridgehead atoms. The first-order chi connectivity index (χ1) is 16.8. The van der Waals surface area contributed by atoms with E-state index in [9.17, 15) is 27.7 Å². The van der Waals surface area contributed by atoms with Crippen molar-refractivity contribution >= 4 is 33.0 Å². The standard InChI is InChI=1S/C24H23FN4O5S/c25-19-9-11-20(12-10-19)26-13-15-27(16-14-26)24(30)18-28(21-5-4-6-22(17-21)29(31)32)35(33,34)23-7-2-1-3-8-23/h1-12,17H,13-16,18H2. The number of nitro benzene ring substituents is 1. The summed E-state index contributed by atoms with van der Waals surface area (Å²) in [7, 11) is -4.17. The Morgan fingerprint density at radius 2 is 1.60 bits per heavy atom. The van der Waals surface area contributed by atoms with E-state index < -0.39 is 27.4 Å². The van der Waals surface area contributed by atoms with Gasteiger partial charge in [0, 0.05) is 44.0 Å². The maximum atomic E-state index is 13.4. The summed E-state index contributed by atoms with van der Waals surface area (Å²) in [6.07, 6.45) is 0. The Hall–Kier alpha value is -3.99. The van der Waals surface area contributed by atoms with Gasteiger partial charge in [-0.05, 0) is 42.5 Å². The van der Waals surface area contributed by atoms with E-state index in [0.717, 1.165) is 16.1 Å². The van der Waals surface area contributed by atoms with E-state index >= 15 is 0 Å². The third kappa shape index (κ3) is 5.40. The van der Waals surface area contributed by atoms with Crippen LogP contribution in [0.2, 0.25) is 0 Å². The fourth-order valence-corrected chi connectivity index (χ4v) is 5.31. The van der Waals surface area contributed by atoms with Gasteiger partial charge in [0.25, 0.3) is 15.7 Å². The van der Waals surface area contributed by atoms with Crippen LogP contribution in [0.5, 0.6) is 0 Å². The van der Waals surface area contributed by atoms with Crippen LogP contribution in [0.4, 0.5) is 21.5 Å². The van der Waals surface area contributed by atoms with Crippen molar-refractivity contribution in [3.8, 4) is 0 Å². The zero-order valence-electron chi connectivity index (χ0n) is 18.7. The Kier molecular flexibility index (Phi) is 6.97. The number of hydrogen-bond acceptors (Lipinski definition) is 6. The molecule has 3 aromatic carbocycles. The molecule has 4 rings (SSSR count). The highest BCUT2D eigenvalue weighted by Crippen LogP contribution is 2.27. The van der Waals surface area contributed by atoms with E-state index in [1.54, 1.807) is 35.2 Å². The summed E-state index contributed by atoms with van der Waals surface area (Å²) in [5.74, 6) is -0.752. The average molecular weight is 499 g/mol. The van der Waals surface area contributed by atoms with Crippen LogP contribution in [0, 0.1) is 15.9 Å². The molecule has 1 amide bonds. The Morgan fingerprint density at radius 1 is 0.943 bits per heavy atom. The molecule has 9 nitrogen and oxygen atoms in total. The summed E-state index contributed by atoms with van der Waals surface area (Å²) in [5.41, 5.74) is 0.584. The van der Waals surface area contributed by atoms with E-state index in [1.165, 1.54) is 42.5 Å². The normalized spacial score (nSPS) is 14.0. The number of benzene rings is 3. The van der Waals surface area contributed by atoms with Gasteiger partial charge in [-0.3, -0.25) is 19.2 Å². The van der Waals surface area contributed by atoms with E-state index in [4.69, 9.17) is 0 Å². The molecular weight excluding hydrogens is 475 g/mol. The summed E-state index contributed by atoms with van der Waals surface area (Å²) in [6, 6.07) is 18.9. The first-order valence-electron chi connectivity index (χ1n) is 10.9. The van der Waals surface area contributed by atoms with Crippen molar-refractivity contribution in [3.63, 3.8) is 0 Å². The minimum absolute atomic E-state index is 0.0274. The van der Waals surface area contributed by atoms with Crippen molar-refractivity contribution in [1.29, 1.82) is 0 Å². The first-order valence-corrected chi connectivity index (χ1v) is 12.3. The number of rotatable bonds is 7. The second-order valence-corrected chi connectivity index (χ2v) is 9.81. The highest BCUT2D eigenvalue weighted by Gasteiger charge is 2.31. The second kappa shape index (κ2) is 10.1.